The zero-order chi connectivity index (χ0) is 22.6. The average molecular weight is 433 g/mol. The molecule has 0 aliphatic heterocycles. The number of imidazole rings is 1. The quantitative estimate of drug-likeness (QED) is 0.378. The van der Waals surface area contributed by atoms with Gasteiger partial charge in [0.1, 0.15) is 5.82 Å². The molecular formula is C28H24N4O. The first-order valence-corrected chi connectivity index (χ1v) is 11.0. The van der Waals surface area contributed by atoms with Gasteiger partial charge >= 0.3 is 0 Å². The third kappa shape index (κ3) is 4.67. The molecule has 1 amide bonds. The largest absolute Gasteiger partial charge is 0.326 e. The second-order valence-corrected chi connectivity index (χ2v) is 8.12. The minimum atomic E-state index is -0.0855. The van der Waals surface area contributed by atoms with Crippen LogP contribution in [-0.2, 0) is 17.8 Å². The van der Waals surface area contributed by atoms with Crippen LogP contribution in [0.1, 0.15) is 16.7 Å². The van der Waals surface area contributed by atoms with Crippen LogP contribution >= 0.6 is 0 Å². The molecule has 1 N–H and O–H groups in total. The van der Waals surface area contributed by atoms with Crippen LogP contribution in [-0.4, -0.2) is 20.4 Å². The Morgan fingerprint density at radius 2 is 1.73 bits per heavy atom. The van der Waals surface area contributed by atoms with E-state index in [9.17, 15) is 4.79 Å². The Bertz CT molecular complexity index is 1420. The van der Waals surface area contributed by atoms with E-state index >= 15 is 0 Å². The molecule has 5 rings (SSSR count). The highest BCUT2D eigenvalue weighted by Crippen LogP contribution is 2.25. The van der Waals surface area contributed by atoms with Gasteiger partial charge in [0.05, 0.1) is 29.5 Å². The molecule has 0 unspecified atom stereocenters. The fraction of sp³-hybridized carbons (Fsp3) is 0.107. The van der Waals surface area contributed by atoms with Gasteiger partial charge in [-0.15, -0.1) is 0 Å². The zero-order valence-corrected chi connectivity index (χ0v) is 18.4. The number of carbonyl (C=O) groups is 1. The van der Waals surface area contributed by atoms with Gasteiger partial charge < -0.3 is 9.88 Å². The van der Waals surface area contributed by atoms with Crippen LogP contribution in [0.2, 0.25) is 0 Å². The Labute approximate surface area is 192 Å². The van der Waals surface area contributed by atoms with Crippen molar-refractivity contribution in [3.05, 3.63) is 114 Å². The Balaban J connectivity index is 1.39. The summed E-state index contributed by atoms with van der Waals surface area (Å²) in [6.07, 6.45) is 2.20. The first-order chi connectivity index (χ1) is 16.2. The molecule has 0 saturated carbocycles. The summed E-state index contributed by atoms with van der Waals surface area (Å²) in [5.74, 6) is 0.458. The smallest absolute Gasteiger partial charge is 0.229 e. The molecule has 0 atom stereocenters. The summed E-state index contributed by atoms with van der Waals surface area (Å²) in [6, 6.07) is 29.9. The lowest BCUT2D eigenvalue weighted by Gasteiger charge is -2.09. The van der Waals surface area contributed by atoms with Crippen LogP contribution in [0.25, 0.3) is 22.3 Å². The Kier molecular flexibility index (Phi) is 5.68. The lowest BCUT2D eigenvalue weighted by Crippen LogP contribution is -2.15. The second-order valence-electron chi connectivity index (χ2n) is 8.12. The standard InChI is InChI=1S/C28H24N4O/c1-20-8-5-6-11-23(20)18-32-19-29-25-15-14-22(17-26(25)32)24-12-7-13-27(30-24)31-28(33)16-21-9-3-2-4-10-21/h2-15,17,19H,16,18H2,1H3,(H,30,31,33). The monoisotopic (exact) mass is 432 g/mol. The van der Waals surface area contributed by atoms with Gasteiger partial charge in [0.15, 0.2) is 0 Å². The Hall–Kier alpha value is -4.25. The van der Waals surface area contributed by atoms with Gasteiger partial charge in [-0.1, -0.05) is 66.7 Å². The van der Waals surface area contributed by atoms with E-state index in [1.165, 1.54) is 11.1 Å². The van der Waals surface area contributed by atoms with Crippen molar-refractivity contribution in [2.75, 3.05) is 5.32 Å². The molecule has 0 bridgehead atoms. The van der Waals surface area contributed by atoms with E-state index in [1.54, 1.807) is 0 Å². The van der Waals surface area contributed by atoms with Gasteiger partial charge in [-0.25, -0.2) is 9.97 Å². The number of aryl methyl sites for hydroxylation is 1. The van der Waals surface area contributed by atoms with Crippen molar-refractivity contribution in [1.82, 2.24) is 14.5 Å². The predicted octanol–water partition coefficient (Wildman–Crippen LogP) is 5.64. The number of aromatic nitrogens is 3. The fourth-order valence-corrected chi connectivity index (χ4v) is 3.95. The second kappa shape index (κ2) is 9.09. The molecule has 3 aromatic carbocycles. The van der Waals surface area contributed by atoms with E-state index < -0.39 is 0 Å². The van der Waals surface area contributed by atoms with Crippen LogP contribution in [0.5, 0.6) is 0 Å². The van der Waals surface area contributed by atoms with Crippen LogP contribution < -0.4 is 5.32 Å². The van der Waals surface area contributed by atoms with E-state index in [0.29, 0.717) is 12.2 Å². The molecule has 0 fully saturated rings. The highest BCUT2D eigenvalue weighted by Gasteiger charge is 2.10. The third-order valence-electron chi connectivity index (χ3n) is 5.74. The number of amides is 1. The maximum atomic E-state index is 12.5. The molecule has 5 aromatic rings. The molecule has 2 heterocycles. The number of fused-ring (bicyclic) bond motifs is 1. The molecule has 33 heavy (non-hydrogen) atoms. The molecule has 0 radical (unpaired) electrons. The summed E-state index contributed by atoms with van der Waals surface area (Å²) < 4.78 is 2.16. The van der Waals surface area contributed by atoms with Crippen molar-refractivity contribution >= 4 is 22.8 Å². The molecule has 0 aliphatic carbocycles. The molecule has 162 valence electrons. The molecule has 5 heteroatoms. The first-order valence-electron chi connectivity index (χ1n) is 11.0. The molecule has 0 saturated heterocycles. The van der Waals surface area contributed by atoms with E-state index in [4.69, 9.17) is 0 Å². The van der Waals surface area contributed by atoms with Crippen LogP contribution in [0.15, 0.2) is 97.3 Å². The summed E-state index contributed by atoms with van der Waals surface area (Å²) in [5.41, 5.74) is 7.28. The maximum absolute atomic E-state index is 12.5. The van der Waals surface area contributed by atoms with E-state index in [2.05, 4.69) is 57.1 Å². The number of hydrogen-bond donors (Lipinski definition) is 1. The number of rotatable bonds is 6. The van der Waals surface area contributed by atoms with Gasteiger partial charge in [0, 0.05) is 12.1 Å². The van der Waals surface area contributed by atoms with Gasteiger partial charge in [-0.05, 0) is 47.9 Å². The molecule has 5 nitrogen and oxygen atoms in total. The highest BCUT2D eigenvalue weighted by atomic mass is 16.1. The van der Waals surface area contributed by atoms with Crippen LogP contribution in [0.3, 0.4) is 0 Å². The summed E-state index contributed by atoms with van der Waals surface area (Å²) in [6.45, 7) is 2.89. The molecule has 0 aliphatic rings. The predicted molar refractivity (Wildman–Crippen MR) is 132 cm³/mol. The van der Waals surface area contributed by atoms with Crippen molar-refractivity contribution in [1.29, 1.82) is 0 Å². The summed E-state index contributed by atoms with van der Waals surface area (Å²) in [5, 5.41) is 2.92. The zero-order valence-electron chi connectivity index (χ0n) is 18.4. The van der Waals surface area contributed by atoms with Crippen molar-refractivity contribution < 1.29 is 4.79 Å². The SMILES string of the molecule is Cc1ccccc1Cn1cnc2ccc(-c3cccc(NC(=O)Cc4ccccc4)n3)cc21. The number of nitrogens with zero attached hydrogens (tertiary/aromatic N) is 3. The number of carbonyl (C=O) groups excluding carboxylic acids is 1. The van der Waals surface area contributed by atoms with E-state index in [1.807, 2.05) is 67.0 Å². The molecule has 0 spiro atoms. The van der Waals surface area contributed by atoms with Crippen molar-refractivity contribution in [3.8, 4) is 11.3 Å². The number of pyridine rings is 1. The van der Waals surface area contributed by atoms with Gasteiger partial charge in [-0.3, -0.25) is 4.79 Å². The maximum Gasteiger partial charge on any atom is 0.229 e. The minimum absolute atomic E-state index is 0.0855. The number of anilines is 1. The van der Waals surface area contributed by atoms with Gasteiger partial charge in [0.25, 0.3) is 0 Å². The average Bonchev–Trinajstić information content (AvgIpc) is 3.23. The van der Waals surface area contributed by atoms with Crippen molar-refractivity contribution in [3.63, 3.8) is 0 Å². The van der Waals surface area contributed by atoms with Crippen LogP contribution in [0.4, 0.5) is 5.82 Å². The number of nitrogens with one attached hydrogen (secondary N) is 1. The third-order valence-corrected chi connectivity index (χ3v) is 5.74. The summed E-state index contributed by atoms with van der Waals surface area (Å²) >= 11 is 0. The highest BCUT2D eigenvalue weighted by molar-refractivity contribution is 5.91. The lowest BCUT2D eigenvalue weighted by atomic mass is 10.1. The van der Waals surface area contributed by atoms with E-state index in [-0.39, 0.29) is 5.91 Å². The van der Waals surface area contributed by atoms with Gasteiger partial charge in [-0.2, -0.15) is 0 Å². The summed E-state index contributed by atoms with van der Waals surface area (Å²) in [7, 11) is 0. The van der Waals surface area contributed by atoms with E-state index in [0.717, 1.165) is 34.4 Å². The number of hydrogen-bond acceptors (Lipinski definition) is 3. The topological polar surface area (TPSA) is 59.8 Å². The molecule has 2 aromatic heterocycles. The van der Waals surface area contributed by atoms with Crippen molar-refractivity contribution in [2.24, 2.45) is 0 Å². The van der Waals surface area contributed by atoms with Gasteiger partial charge in [0.2, 0.25) is 5.91 Å². The summed E-state index contributed by atoms with van der Waals surface area (Å²) in [4.78, 5) is 21.7. The normalized spacial score (nSPS) is 10.9. The first kappa shape index (κ1) is 20.6. The van der Waals surface area contributed by atoms with Crippen molar-refractivity contribution in [2.45, 2.75) is 19.9 Å². The fourth-order valence-electron chi connectivity index (χ4n) is 3.95. The Morgan fingerprint density at radius 3 is 2.58 bits per heavy atom. The minimum Gasteiger partial charge on any atom is -0.326 e. The molecular weight excluding hydrogens is 408 g/mol. The number of benzene rings is 3. The Morgan fingerprint density at radius 1 is 0.909 bits per heavy atom. The lowest BCUT2D eigenvalue weighted by molar-refractivity contribution is -0.115. The van der Waals surface area contributed by atoms with Crippen LogP contribution in [0, 0.1) is 6.92 Å².